The quantitative estimate of drug-likeness (QED) is 0.547. The Kier molecular flexibility index (Phi) is 6.36. The predicted octanol–water partition coefficient (Wildman–Crippen LogP) is 5.40. The van der Waals surface area contributed by atoms with E-state index in [1.165, 1.54) is 5.56 Å². The molecule has 0 amide bonds. The lowest BCUT2D eigenvalue weighted by Crippen LogP contribution is -2.25. The number of nitrogens with one attached hydrogen (secondary N) is 1. The second-order valence-corrected chi connectivity index (χ2v) is 6.64. The second kappa shape index (κ2) is 8.49. The average molecular weight is 321 g/mol. The Morgan fingerprint density at radius 2 is 1.42 bits per heavy atom. The Bertz CT molecular complexity index is 674. The molecular formula is C22H27NO. The van der Waals surface area contributed by atoms with Gasteiger partial charge in [0.25, 0.3) is 0 Å². The minimum atomic E-state index is 0.0471. The summed E-state index contributed by atoms with van der Waals surface area (Å²) >= 11 is 0. The summed E-state index contributed by atoms with van der Waals surface area (Å²) in [7, 11) is 0. The maximum absolute atomic E-state index is 12.6. The molecule has 24 heavy (non-hydrogen) atoms. The molecule has 2 rings (SSSR count). The summed E-state index contributed by atoms with van der Waals surface area (Å²) < 4.78 is 0. The van der Waals surface area contributed by atoms with E-state index in [1.807, 2.05) is 48.5 Å². The minimum absolute atomic E-state index is 0.0471. The summed E-state index contributed by atoms with van der Waals surface area (Å²) in [6, 6.07) is 19.9. The maximum atomic E-state index is 12.6. The third-order valence-corrected chi connectivity index (χ3v) is 4.52. The normalized spacial score (nSPS) is 14.3. The lowest BCUT2D eigenvalue weighted by Gasteiger charge is -2.25. The van der Waals surface area contributed by atoms with Crippen LogP contribution >= 0.6 is 0 Å². The molecule has 0 saturated carbocycles. The van der Waals surface area contributed by atoms with Gasteiger partial charge in [-0.2, -0.15) is 0 Å². The van der Waals surface area contributed by atoms with Crippen molar-refractivity contribution < 1.29 is 4.79 Å². The first kappa shape index (κ1) is 18.0. The van der Waals surface area contributed by atoms with Crippen LogP contribution in [0.5, 0.6) is 0 Å². The molecule has 0 radical (unpaired) electrons. The first-order valence-electron chi connectivity index (χ1n) is 8.61. The van der Waals surface area contributed by atoms with Crippen molar-refractivity contribution in [2.75, 3.05) is 0 Å². The Hall–Kier alpha value is -2.35. The van der Waals surface area contributed by atoms with Crippen LogP contribution < -0.4 is 5.32 Å². The Morgan fingerprint density at radius 1 is 0.875 bits per heavy atom. The van der Waals surface area contributed by atoms with Crippen molar-refractivity contribution >= 4 is 5.78 Å². The number of hydrogen-bond donors (Lipinski definition) is 1. The Morgan fingerprint density at radius 3 is 1.96 bits per heavy atom. The molecule has 126 valence electrons. The van der Waals surface area contributed by atoms with Gasteiger partial charge in [-0.15, -0.1) is 0 Å². The highest BCUT2D eigenvalue weighted by Crippen LogP contribution is 2.22. The highest BCUT2D eigenvalue weighted by Gasteiger charge is 2.17. The van der Waals surface area contributed by atoms with E-state index < -0.39 is 0 Å². The van der Waals surface area contributed by atoms with Crippen molar-refractivity contribution in [1.82, 2.24) is 5.32 Å². The monoisotopic (exact) mass is 321 g/mol. The number of carbonyl (C=O) groups is 1. The van der Waals surface area contributed by atoms with Gasteiger partial charge in [-0.25, -0.2) is 0 Å². The van der Waals surface area contributed by atoms with Gasteiger partial charge in [-0.3, -0.25) is 4.79 Å². The van der Waals surface area contributed by atoms with Crippen LogP contribution in [0.4, 0.5) is 0 Å². The zero-order valence-electron chi connectivity index (χ0n) is 15.0. The number of hydrogen-bond acceptors (Lipinski definition) is 2. The smallest absolute Gasteiger partial charge is 0.187 e. The van der Waals surface area contributed by atoms with Gasteiger partial charge in [0.05, 0.1) is 0 Å². The van der Waals surface area contributed by atoms with Crippen molar-refractivity contribution in [3.63, 3.8) is 0 Å². The molecule has 1 N–H and O–H groups in total. The van der Waals surface area contributed by atoms with Crippen LogP contribution in [0.25, 0.3) is 0 Å². The highest BCUT2D eigenvalue weighted by atomic mass is 16.1. The number of benzene rings is 2. The molecular weight excluding hydrogens is 294 g/mol. The Balaban J connectivity index is 2.25. The van der Waals surface area contributed by atoms with Gasteiger partial charge in [-0.1, -0.05) is 81.4 Å². The van der Waals surface area contributed by atoms with Crippen molar-refractivity contribution in [3.8, 4) is 0 Å². The highest BCUT2D eigenvalue weighted by molar-refractivity contribution is 6.04. The van der Waals surface area contributed by atoms with Gasteiger partial charge in [-0.05, 0) is 24.3 Å². The summed E-state index contributed by atoms with van der Waals surface area (Å²) in [5, 5.41) is 3.56. The van der Waals surface area contributed by atoms with Crippen LogP contribution in [-0.2, 0) is 0 Å². The van der Waals surface area contributed by atoms with Crippen LogP contribution in [0.2, 0.25) is 0 Å². The van der Waals surface area contributed by atoms with Crippen molar-refractivity contribution in [3.05, 3.63) is 83.6 Å². The van der Waals surface area contributed by atoms with Gasteiger partial charge in [0.1, 0.15) is 0 Å². The molecule has 0 aliphatic rings. The Labute approximate surface area is 145 Å². The van der Waals surface area contributed by atoms with E-state index in [2.05, 4.69) is 45.1 Å². The fourth-order valence-corrected chi connectivity index (χ4v) is 2.57. The molecule has 0 bridgehead atoms. The van der Waals surface area contributed by atoms with E-state index in [1.54, 1.807) is 6.08 Å². The molecule has 0 aliphatic heterocycles. The van der Waals surface area contributed by atoms with Crippen LogP contribution in [0.1, 0.15) is 49.7 Å². The van der Waals surface area contributed by atoms with Crippen LogP contribution in [0, 0.1) is 11.8 Å². The number of ketones is 1. The number of allylic oxidation sites excluding steroid dienone is 2. The molecule has 0 aromatic heterocycles. The van der Waals surface area contributed by atoms with E-state index in [9.17, 15) is 4.79 Å². The van der Waals surface area contributed by atoms with E-state index in [0.29, 0.717) is 5.92 Å². The largest absolute Gasteiger partial charge is 0.381 e. The molecule has 0 heterocycles. The van der Waals surface area contributed by atoms with E-state index >= 15 is 0 Å². The van der Waals surface area contributed by atoms with Crippen LogP contribution in [0.15, 0.2) is 72.4 Å². The van der Waals surface area contributed by atoms with Crippen molar-refractivity contribution in [2.24, 2.45) is 11.8 Å². The molecule has 2 nitrogen and oxygen atoms in total. The molecule has 2 aromatic rings. The van der Waals surface area contributed by atoms with Gasteiger partial charge in [0, 0.05) is 23.4 Å². The summed E-state index contributed by atoms with van der Waals surface area (Å²) in [6.07, 6.45) is 1.76. The molecule has 2 heteroatoms. The third kappa shape index (κ3) is 4.82. The summed E-state index contributed by atoms with van der Waals surface area (Å²) in [6.45, 7) is 8.66. The fourth-order valence-electron chi connectivity index (χ4n) is 2.57. The zero-order chi connectivity index (χ0) is 17.5. The number of carbonyl (C=O) groups excluding carboxylic acids is 1. The van der Waals surface area contributed by atoms with Crippen LogP contribution in [-0.4, -0.2) is 5.78 Å². The summed E-state index contributed by atoms with van der Waals surface area (Å²) in [5.41, 5.74) is 2.93. The zero-order valence-corrected chi connectivity index (χ0v) is 15.0. The third-order valence-electron chi connectivity index (χ3n) is 4.52. The number of rotatable bonds is 7. The first-order chi connectivity index (χ1) is 11.5. The SMILES string of the molecule is CC(C)[C@@H](C)/C(=C/C(=O)c1ccccc1)N[C@H](C)c1ccccc1. The first-order valence-corrected chi connectivity index (χ1v) is 8.61. The van der Waals surface area contributed by atoms with Gasteiger partial charge < -0.3 is 5.32 Å². The topological polar surface area (TPSA) is 29.1 Å². The van der Waals surface area contributed by atoms with Crippen molar-refractivity contribution in [1.29, 1.82) is 0 Å². The van der Waals surface area contributed by atoms with Gasteiger partial charge >= 0.3 is 0 Å². The van der Waals surface area contributed by atoms with E-state index in [-0.39, 0.29) is 17.7 Å². The molecule has 0 saturated heterocycles. The molecule has 0 spiro atoms. The predicted molar refractivity (Wildman–Crippen MR) is 101 cm³/mol. The van der Waals surface area contributed by atoms with Gasteiger partial charge in [0.2, 0.25) is 0 Å². The average Bonchev–Trinajstić information content (AvgIpc) is 2.61. The second-order valence-electron chi connectivity index (χ2n) is 6.64. The van der Waals surface area contributed by atoms with E-state index in [0.717, 1.165) is 11.3 Å². The van der Waals surface area contributed by atoms with Gasteiger partial charge in [0.15, 0.2) is 5.78 Å². The summed E-state index contributed by atoms with van der Waals surface area (Å²) in [4.78, 5) is 12.6. The molecule has 0 unspecified atom stereocenters. The fraction of sp³-hybridized carbons (Fsp3) is 0.318. The summed E-state index contributed by atoms with van der Waals surface area (Å²) in [5.74, 6) is 0.782. The maximum Gasteiger partial charge on any atom is 0.187 e. The molecule has 2 atom stereocenters. The van der Waals surface area contributed by atoms with Crippen molar-refractivity contribution in [2.45, 2.75) is 33.7 Å². The lowest BCUT2D eigenvalue weighted by molar-refractivity contribution is 0.104. The lowest BCUT2D eigenvalue weighted by atomic mass is 9.92. The van der Waals surface area contributed by atoms with Crippen LogP contribution in [0.3, 0.4) is 0 Å². The molecule has 2 aromatic carbocycles. The van der Waals surface area contributed by atoms with E-state index in [4.69, 9.17) is 0 Å². The standard InChI is InChI=1S/C22H27NO/c1-16(2)17(3)21(15-22(24)20-13-9-6-10-14-20)23-18(4)19-11-7-5-8-12-19/h5-18,23H,1-4H3/b21-15-/t17-,18-/m1/s1. The minimum Gasteiger partial charge on any atom is -0.381 e. The molecule has 0 aliphatic carbocycles. The molecule has 0 fully saturated rings.